The molecule has 1 amide bonds. The van der Waals surface area contributed by atoms with Crippen LogP contribution in [0.3, 0.4) is 0 Å². The summed E-state index contributed by atoms with van der Waals surface area (Å²) < 4.78 is 45.9. The van der Waals surface area contributed by atoms with Crippen LogP contribution >= 0.6 is 0 Å². The van der Waals surface area contributed by atoms with Crippen LogP contribution in [-0.2, 0) is 17.4 Å². The lowest BCUT2D eigenvalue weighted by molar-refractivity contribution is -0.139. The molecule has 3 aromatic rings. The Hall–Kier alpha value is -3.29. The highest BCUT2D eigenvalue weighted by Gasteiger charge is 2.34. The Morgan fingerprint density at radius 2 is 1.83 bits per heavy atom. The highest BCUT2D eigenvalue weighted by Crippen LogP contribution is 2.35. The number of nitrogens with one attached hydrogen (secondary N) is 1. The molecule has 0 saturated carbocycles. The second kappa shape index (κ2) is 8.81. The number of nitrogens with zero attached hydrogens (tertiary/aromatic N) is 2. The summed E-state index contributed by atoms with van der Waals surface area (Å²) in [6, 6.07) is 14.0. The van der Waals surface area contributed by atoms with Gasteiger partial charge < -0.3 is 10.1 Å². The number of carbonyl (C=O) groups is 1. The topological polar surface area (TPSA) is 56.1 Å². The van der Waals surface area contributed by atoms with Gasteiger partial charge in [0.1, 0.15) is 12.4 Å². The van der Waals surface area contributed by atoms with E-state index in [-0.39, 0.29) is 24.7 Å². The summed E-state index contributed by atoms with van der Waals surface area (Å²) in [6.07, 6.45) is -1.03. The number of ether oxygens (including phenoxy) is 1. The van der Waals surface area contributed by atoms with Crippen molar-refractivity contribution >= 4 is 5.91 Å². The van der Waals surface area contributed by atoms with E-state index in [4.69, 9.17) is 4.74 Å². The zero-order valence-electron chi connectivity index (χ0n) is 15.7. The molecule has 5 nitrogen and oxygen atoms in total. The molecular formula is C21H20F3N3O2. The van der Waals surface area contributed by atoms with Crippen molar-refractivity contribution in [3.63, 3.8) is 0 Å². The summed E-state index contributed by atoms with van der Waals surface area (Å²) in [5, 5.41) is 6.96. The van der Waals surface area contributed by atoms with Gasteiger partial charge in [-0.3, -0.25) is 4.79 Å². The molecular weight excluding hydrogens is 383 g/mol. The standard InChI is InChI=1S/C21H20F3N3O2/c1-15(14-29-19-10-6-5-9-18(19)21(22,23)24)26-20(28)11-16-12-25-27(13-16)17-7-3-2-4-8-17/h2-10,12-13,15H,11,14H2,1H3,(H,26,28). The van der Waals surface area contributed by atoms with E-state index in [1.807, 2.05) is 30.3 Å². The third kappa shape index (κ3) is 5.60. The van der Waals surface area contributed by atoms with Crippen molar-refractivity contribution in [3.05, 3.63) is 78.1 Å². The van der Waals surface area contributed by atoms with Gasteiger partial charge in [0.05, 0.1) is 29.9 Å². The predicted octanol–water partition coefficient (Wildman–Crippen LogP) is 4.02. The molecule has 1 N–H and O–H groups in total. The fourth-order valence-electron chi connectivity index (χ4n) is 2.77. The maximum absolute atomic E-state index is 13.0. The Labute approximate surface area is 166 Å². The molecule has 1 unspecified atom stereocenters. The number of aromatic nitrogens is 2. The van der Waals surface area contributed by atoms with Gasteiger partial charge in [-0.25, -0.2) is 4.68 Å². The number of halogens is 3. The molecule has 0 radical (unpaired) electrons. The Morgan fingerprint density at radius 3 is 2.55 bits per heavy atom. The fraction of sp³-hybridized carbons (Fsp3) is 0.238. The Morgan fingerprint density at radius 1 is 1.14 bits per heavy atom. The fourth-order valence-corrected chi connectivity index (χ4v) is 2.77. The van der Waals surface area contributed by atoms with Crippen LogP contribution in [-0.4, -0.2) is 28.3 Å². The molecule has 0 bridgehead atoms. The quantitative estimate of drug-likeness (QED) is 0.648. The lowest BCUT2D eigenvalue weighted by atomic mass is 10.2. The summed E-state index contributed by atoms with van der Waals surface area (Å²) in [5.74, 6) is -0.525. The van der Waals surface area contributed by atoms with Gasteiger partial charge in [-0.15, -0.1) is 0 Å². The van der Waals surface area contributed by atoms with E-state index in [2.05, 4.69) is 10.4 Å². The highest BCUT2D eigenvalue weighted by molar-refractivity contribution is 5.78. The number of hydrogen-bond acceptors (Lipinski definition) is 3. The minimum Gasteiger partial charge on any atom is -0.491 e. The predicted molar refractivity (Wildman–Crippen MR) is 102 cm³/mol. The van der Waals surface area contributed by atoms with Crippen LogP contribution in [0, 0.1) is 0 Å². The average molecular weight is 403 g/mol. The summed E-state index contributed by atoms with van der Waals surface area (Å²) in [4.78, 5) is 12.2. The molecule has 0 aliphatic heterocycles. The van der Waals surface area contributed by atoms with Gasteiger partial charge in [0, 0.05) is 6.20 Å². The normalized spacial score (nSPS) is 12.4. The van der Waals surface area contributed by atoms with Gasteiger partial charge in [0.25, 0.3) is 0 Å². The van der Waals surface area contributed by atoms with E-state index in [0.717, 1.165) is 17.3 Å². The van der Waals surface area contributed by atoms with E-state index in [0.29, 0.717) is 0 Å². The Bertz CT molecular complexity index is 955. The summed E-state index contributed by atoms with van der Waals surface area (Å²) in [7, 11) is 0. The number of para-hydroxylation sites is 2. The maximum Gasteiger partial charge on any atom is 0.419 e. The van der Waals surface area contributed by atoms with Crippen molar-refractivity contribution in [3.8, 4) is 11.4 Å². The van der Waals surface area contributed by atoms with Crippen molar-refractivity contribution in [1.82, 2.24) is 15.1 Å². The number of hydrogen-bond donors (Lipinski definition) is 1. The van der Waals surface area contributed by atoms with Gasteiger partial charge in [0.15, 0.2) is 0 Å². The summed E-state index contributed by atoms with van der Waals surface area (Å²) in [6.45, 7) is 1.59. The molecule has 8 heteroatoms. The number of benzene rings is 2. The average Bonchev–Trinajstić information content (AvgIpc) is 3.15. The van der Waals surface area contributed by atoms with E-state index < -0.39 is 17.8 Å². The van der Waals surface area contributed by atoms with E-state index in [9.17, 15) is 18.0 Å². The number of amides is 1. The maximum atomic E-state index is 13.0. The number of alkyl halides is 3. The smallest absolute Gasteiger partial charge is 0.419 e. The minimum absolute atomic E-state index is 0.0812. The lowest BCUT2D eigenvalue weighted by Gasteiger charge is -2.17. The van der Waals surface area contributed by atoms with Crippen molar-refractivity contribution in [2.75, 3.05) is 6.61 Å². The third-order valence-electron chi connectivity index (χ3n) is 4.11. The summed E-state index contributed by atoms with van der Waals surface area (Å²) in [5.41, 5.74) is 0.762. The molecule has 0 saturated heterocycles. The van der Waals surface area contributed by atoms with Gasteiger partial charge in [-0.2, -0.15) is 18.3 Å². The third-order valence-corrected chi connectivity index (χ3v) is 4.11. The second-order valence-corrected chi connectivity index (χ2v) is 6.58. The van der Waals surface area contributed by atoms with Gasteiger partial charge >= 0.3 is 6.18 Å². The van der Waals surface area contributed by atoms with Crippen molar-refractivity contribution in [1.29, 1.82) is 0 Å². The van der Waals surface area contributed by atoms with E-state index in [1.54, 1.807) is 24.0 Å². The second-order valence-electron chi connectivity index (χ2n) is 6.58. The van der Waals surface area contributed by atoms with E-state index >= 15 is 0 Å². The summed E-state index contributed by atoms with van der Waals surface area (Å²) >= 11 is 0. The zero-order chi connectivity index (χ0) is 20.9. The molecule has 3 rings (SSSR count). The van der Waals surface area contributed by atoms with E-state index in [1.165, 1.54) is 18.2 Å². The first-order valence-electron chi connectivity index (χ1n) is 9.00. The van der Waals surface area contributed by atoms with Crippen LogP contribution in [0.15, 0.2) is 67.0 Å². The molecule has 1 aromatic heterocycles. The molecule has 0 aliphatic rings. The first-order chi connectivity index (χ1) is 13.8. The zero-order valence-corrected chi connectivity index (χ0v) is 15.7. The van der Waals surface area contributed by atoms with Crippen LogP contribution in [0.4, 0.5) is 13.2 Å². The molecule has 2 aromatic carbocycles. The monoisotopic (exact) mass is 403 g/mol. The first kappa shape index (κ1) is 20.4. The molecule has 1 heterocycles. The minimum atomic E-state index is -4.50. The SMILES string of the molecule is CC(COc1ccccc1C(F)(F)F)NC(=O)Cc1cnn(-c2ccccc2)c1. The van der Waals surface area contributed by atoms with Crippen molar-refractivity contribution in [2.45, 2.75) is 25.6 Å². The first-order valence-corrected chi connectivity index (χ1v) is 9.00. The van der Waals surface area contributed by atoms with Crippen LogP contribution in [0.1, 0.15) is 18.1 Å². The Kier molecular flexibility index (Phi) is 6.21. The van der Waals surface area contributed by atoms with Gasteiger partial charge in [-0.05, 0) is 36.8 Å². The Balaban J connectivity index is 1.52. The molecule has 29 heavy (non-hydrogen) atoms. The number of rotatable bonds is 7. The lowest BCUT2D eigenvalue weighted by Crippen LogP contribution is -2.37. The molecule has 152 valence electrons. The van der Waals surface area contributed by atoms with Crippen LogP contribution < -0.4 is 10.1 Å². The van der Waals surface area contributed by atoms with Gasteiger partial charge in [-0.1, -0.05) is 30.3 Å². The van der Waals surface area contributed by atoms with Crippen molar-refractivity contribution < 1.29 is 22.7 Å². The number of carbonyl (C=O) groups excluding carboxylic acids is 1. The van der Waals surface area contributed by atoms with Crippen LogP contribution in [0.2, 0.25) is 0 Å². The van der Waals surface area contributed by atoms with Gasteiger partial charge in [0.2, 0.25) is 5.91 Å². The largest absolute Gasteiger partial charge is 0.491 e. The van der Waals surface area contributed by atoms with Crippen LogP contribution in [0.25, 0.3) is 5.69 Å². The molecule has 0 aliphatic carbocycles. The molecule has 0 spiro atoms. The van der Waals surface area contributed by atoms with Crippen molar-refractivity contribution in [2.24, 2.45) is 0 Å². The molecule has 1 atom stereocenters. The highest BCUT2D eigenvalue weighted by atomic mass is 19.4. The van der Waals surface area contributed by atoms with Crippen LogP contribution in [0.5, 0.6) is 5.75 Å². The molecule has 0 fully saturated rings.